The van der Waals surface area contributed by atoms with E-state index < -0.39 is 0 Å². The Labute approximate surface area is 151 Å². The zero-order chi connectivity index (χ0) is 18.1. The first-order chi connectivity index (χ1) is 11.6. The summed E-state index contributed by atoms with van der Waals surface area (Å²) in [6, 6.07) is 4.51. The molecule has 134 valence electrons. The number of rotatable bonds is 3. The fourth-order valence-electron chi connectivity index (χ4n) is 4.00. The maximum atomic E-state index is 12.9. The van der Waals surface area contributed by atoms with Crippen molar-refractivity contribution < 1.29 is 14.1 Å². The summed E-state index contributed by atoms with van der Waals surface area (Å²) in [4.78, 5) is 14.9. The normalized spacial score (nSPS) is 25.4. The smallest absolute Gasteiger partial charge is 0.399 e. The number of fused-ring (bicyclic) bond motifs is 1. The standard InChI is InChI=1S/C20H28BNO3/c1-12-9-16(21-24-19(3,4)20(5,6)25-21)10-15-11-22(18(23)17(12)15)13(2)14-7-8-14/h9-10,13-14H,7-8,11H2,1-6H3. The molecule has 2 fully saturated rings. The average Bonchev–Trinajstić information content (AvgIpc) is 3.25. The lowest BCUT2D eigenvalue weighted by molar-refractivity contribution is 0.00578. The quantitative estimate of drug-likeness (QED) is 0.794. The van der Waals surface area contributed by atoms with Crippen molar-refractivity contribution in [2.45, 2.75) is 78.2 Å². The molecule has 3 aliphatic rings. The first-order valence-corrected chi connectivity index (χ1v) is 9.41. The molecule has 2 heterocycles. The highest BCUT2D eigenvalue weighted by atomic mass is 16.7. The van der Waals surface area contributed by atoms with E-state index in [4.69, 9.17) is 9.31 Å². The molecule has 1 amide bonds. The van der Waals surface area contributed by atoms with Crippen LogP contribution in [0.2, 0.25) is 0 Å². The summed E-state index contributed by atoms with van der Waals surface area (Å²) in [6.45, 7) is 13.2. The molecule has 4 nitrogen and oxygen atoms in total. The van der Waals surface area contributed by atoms with Gasteiger partial charge in [0.2, 0.25) is 0 Å². The highest BCUT2D eigenvalue weighted by Gasteiger charge is 2.52. The van der Waals surface area contributed by atoms with E-state index in [-0.39, 0.29) is 24.2 Å². The van der Waals surface area contributed by atoms with Gasteiger partial charge in [0.1, 0.15) is 0 Å². The molecule has 0 radical (unpaired) electrons. The van der Waals surface area contributed by atoms with Gasteiger partial charge in [0.05, 0.1) is 11.2 Å². The first-order valence-electron chi connectivity index (χ1n) is 9.41. The molecule has 1 saturated heterocycles. The van der Waals surface area contributed by atoms with Crippen molar-refractivity contribution >= 4 is 18.5 Å². The van der Waals surface area contributed by atoms with Gasteiger partial charge in [-0.25, -0.2) is 0 Å². The minimum absolute atomic E-state index is 0.187. The first kappa shape index (κ1) is 17.1. The van der Waals surface area contributed by atoms with E-state index in [0.29, 0.717) is 18.5 Å². The molecular formula is C20H28BNO3. The lowest BCUT2D eigenvalue weighted by Gasteiger charge is -2.32. The zero-order valence-electron chi connectivity index (χ0n) is 16.2. The van der Waals surface area contributed by atoms with Crippen LogP contribution in [0.15, 0.2) is 12.1 Å². The minimum Gasteiger partial charge on any atom is -0.399 e. The molecule has 0 N–H and O–H groups in total. The Balaban J connectivity index is 1.64. The Morgan fingerprint density at radius 3 is 2.32 bits per heavy atom. The Morgan fingerprint density at radius 2 is 1.76 bits per heavy atom. The molecule has 5 heteroatoms. The predicted molar refractivity (Wildman–Crippen MR) is 99.0 cm³/mol. The third-order valence-corrected chi connectivity index (χ3v) is 6.58. The largest absolute Gasteiger partial charge is 0.494 e. The topological polar surface area (TPSA) is 38.8 Å². The van der Waals surface area contributed by atoms with Gasteiger partial charge in [-0.2, -0.15) is 0 Å². The van der Waals surface area contributed by atoms with Gasteiger partial charge in [0.15, 0.2) is 0 Å². The molecule has 1 aromatic carbocycles. The van der Waals surface area contributed by atoms with Crippen LogP contribution in [0.25, 0.3) is 0 Å². The van der Waals surface area contributed by atoms with E-state index in [1.54, 1.807) is 0 Å². The van der Waals surface area contributed by atoms with Gasteiger partial charge in [0.25, 0.3) is 5.91 Å². The molecule has 0 bridgehead atoms. The number of hydrogen-bond acceptors (Lipinski definition) is 3. The van der Waals surface area contributed by atoms with Crippen molar-refractivity contribution in [1.82, 2.24) is 4.90 Å². The van der Waals surface area contributed by atoms with Crippen LogP contribution in [0.5, 0.6) is 0 Å². The lowest BCUT2D eigenvalue weighted by atomic mass is 9.77. The third kappa shape index (κ3) is 2.63. The number of nitrogens with zero attached hydrogens (tertiary/aromatic N) is 1. The zero-order valence-corrected chi connectivity index (χ0v) is 16.2. The maximum absolute atomic E-state index is 12.9. The van der Waals surface area contributed by atoms with Crippen LogP contribution in [0, 0.1) is 12.8 Å². The summed E-state index contributed by atoms with van der Waals surface area (Å²) in [6.07, 6.45) is 2.50. The number of hydrogen-bond donors (Lipinski definition) is 0. The van der Waals surface area contributed by atoms with Gasteiger partial charge in [-0.3, -0.25) is 4.79 Å². The summed E-state index contributed by atoms with van der Waals surface area (Å²) in [5.74, 6) is 0.869. The molecule has 4 rings (SSSR count). The maximum Gasteiger partial charge on any atom is 0.494 e. The molecule has 1 saturated carbocycles. The van der Waals surface area contributed by atoms with E-state index in [9.17, 15) is 4.79 Å². The van der Waals surface area contributed by atoms with Gasteiger partial charge in [-0.15, -0.1) is 0 Å². The second-order valence-electron chi connectivity index (χ2n) is 8.97. The van der Waals surface area contributed by atoms with E-state index in [2.05, 4.69) is 46.8 Å². The number of carbonyl (C=O) groups is 1. The average molecular weight is 341 g/mol. The van der Waals surface area contributed by atoms with Gasteiger partial charge in [0, 0.05) is 18.2 Å². The lowest BCUT2D eigenvalue weighted by Crippen LogP contribution is -2.41. The molecule has 0 spiro atoms. The summed E-state index contributed by atoms with van der Waals surface area (Å²) in [7, 11) is -0.376. The number of benzene rings is 1. The van der Waals surface area contributed by atoms with Crippen molar-refractivity contribution in [3.05, 3.63) is 28.8 Å². The molecular weight excluding hydrogens is 313 g/mol. The Kier molecular flexibility index (Phi) is 3.65. The van der Waals surface area contributed by atoms with Crippen LogP contribution in [0.3, 0.4) is 0 Å². The Hall–Kier alpha value is -1.33. The fourth-order valence-corrected chi connectivity index (χ4v) is 4.00. The van der Waals surface area contributed by atoms with Crippen LogP contribution < -0.4 is 5.46 Å². The van der Waals surface area contributed by atoms with Crippen molar-refractivity contribution in [3.8, 4) is 0 Å². The van der Waals surface area contributed by atoms with E-state index in [0.717, 1.165) is 22.2 Å². The second-order valence-corrected chi connectivity index (χ2v) is 8.97. The molecule has 25 heavy (non-hydrogen) atoms. The van der Waals surface area contributed by atoms with Gasteiger partial charge < -0.3 is 14.2 Å². The Morgan fingerprint density at radius 1 is 1.16 bits per heavy atom. The van der Waals surface area contributed by atoms with E-state index in [1.807, 2.05) is 11.8 Å². The highest BCUT2D eigenvalue weighted by Crippen LogP contribution is 2.39. The van der Waals surface area contributed by atoms with Gasteiger partial charge in [-0.1, -0.05) is 12.1 Å². The van der Waals surface area contributed by atoms with Gasteiger partial charge >= 0.3 is 7.12 Å². The highest BCUT2D eigenvalue weighted by molar-refractivity contribution is 6.62. The number of amides is 1. The van der Waals surface area contributed by atoms with Crippen molar-refractivity contribution in [2.75, 3.05) is 0 Å². The van der Waals surface area contributed by atoms with Crippen LogP contribution in [-0.4, -0.2) is 35.2 Å². The van der Waals surface area contributed by atoms with Crippen LogP contribution in [0.1, 0.15) is 68.9 Å². The minimum atomic E-state index is -0.376. The SMILES string of the molecule is Cc1cc(B2OC(C)(C)C(C)(C)O2)cc2c1C(=O)N(C(C)C1CC1)C2. The van der Waals surface area contributed by atoms with E-state index in [1.165, 1.54) is 12.8 Å². The van der Waals surface area contributed by atoms with Crippen LogP contribution >= 0.6 is 0 Å². The van der Waals surface area contributed by atoms with Crippen molar-refractivity contribution in [3.63, 3.8) is 0 Å². The van der Waals surface area contributed by atoms with Crippen LogP contribution in [-0.2, 0) is 15.9 Å². The van der Waals surface area contributed by atoms with E-state index >= 15 is 0 Å². The number of aryl methyl sites for hydroxylation is 1. The fraction of sp³-hybridized carbons (Fsp3) is 0.650. The molecule has 0 aromatic heterocycles. The third-order valence-electron chi connectivity index (χ3n) is 6.58. The van der Waals surface area contributed by atoms with Gasteiger partial charge in [-0.05, 0) is 76.9 Å². The Bertz CT molecular complexity index is 723. The molecule has 1 atom stereocenters. The number of carbonyl (C=O) groups excluding carboxylic acids is 1. The molecule has 1 aliphatic carbocycles. The molecule has 1 aromatic rings. The predicted octanol–water partition coefficient (Wildman–Crippen LogP) is 3.05. The molecule has 1 unspecified atom stereocenters. The summed E-state index contributed by atoms with van der Waals surface area (Å²) in [5.41, 5.74) is 3.33. The van der Waals surface area contributed by atoms with Crippen molar-refractivity contribution in [2.24, 2.45) is 5.92 Å². The van der Waals surface area contributed by atoms with Crippen molar-refractivity contribution in [1.29, 1.82) is 0 Å². The molecule has 2 aliphatic heterocycles. The summed E-state index contributed by atoms with van der Waals surface area (Å²) in [5, 5.41) is 0. The summed E-state index contributed by atoms with van der Waals surface area (Å²) < 4.78 is 12.4. The monoisotopic (exact) mass is 341 g/mol. The summed E-state index contributed by atoms with van der Waals surface area (Å²) >= 11 is 0. The van der Waals surface area contributed by atoms with Crippen LogP contribution in [0.4, 0.5) is 0 Å². The second kappa shape index (κ2) is 5.34.